The Hall–Kier alpha value is -2.50. The molecule has 0 radical (unpaired) electrons. The average Bonchev–Trinajstić information content (AvgIpc) is 2.99. The van der Waals surface area contributed by atoms with Crippen molar-refractivity contribution in [3.05, 3.63) is 42.5 Å². The zero-order valence-corrected chi connectivity index (χ0v) is 12.1. The fourth-order valence-electron chi connectivity index (χ4n) is 2.01. The third-order valence-electron chi connectivity index (χ3n) is 3.11. The first-order valence-corrected chi connectivity index (χ1v) is 6.87. The Kier molecular flexibility index (Phi) is 5.20. The first-order chi connectivity index (χ1) is 10.2. The average molecular weight is 288 g/mol. The van der Waals surface area contributed by atoms with Crippen LogP contribution in [0.15, 0.2) is 36.9 Å². The topological polar surface area (TPSA) is 82.2 Å². The smallest absolute Gasteiger partial charge is 0.251 e. The van der Waals surface area contributed by atoms with Crippen LogP contribution in [0.4, 0.5) is 5.69 Å². The summed E-state index contributed by atoms with van der Waals surface area (Å²) in [6.07, 6.45) is 7.37. The molecular formula is C15H20N4O2. The summed E-state index contributed by atoms with van der Waals surface area (Å²) in [4.78, 5) is 16.0. The van der Waals surface area contributed by atoms with Crippen LogP contribution in [0.25, 0.3) is 0 Å². The van der Waals surface area contributed by atoms with Gasteiger partial charge in [-0.25, -0.2) is 4.98 Å². The van der Waals surface area contributed by atoms with Crippen LogP contribution >= 0.6 is 0 Å². The molecule has 21 heavy (non-hydrogen) atoms. The van der Waals surface area contributed by atoms with Crippen LogP contribution in [0.2, 0.25) is 0 Å². The van der Waals surface area contributed by atoms with E-state index < -0.39 is 0 Å². The van der Waals surface area contributed by atoms with Crippen LogP contribution in [0.1, 0.15) is 23.2 Å². The second-order valence-corrected chi connectivity index (χ2v) is 4.76. The number of unbranched alkanes of at least 4 members (excludes halogenated alkanes) is 1. The van der Waals surface area contributed by atoms with Crippen LogP contribution in [0.5, 0.6) is 5.75 Å². The number of aromatic nitrogens is 2. The van der Waals surface area contributed by atoms with Gasteiger partial charge >= 0.3 is 0 Å². The van der Waals surface area contributed by atoms with Crippen LogP contribution in [-0.2, 0) is 6.54 Å². The van der Waals surface area contributed by atoms with Crippen molar-refractivity contribution < 1.29 is 9.53 Å². The molecule has 1 aromatic heterocycles. The maximum atomic E-state index is 12.0. The summed E-state index contributed by atoms with van der Waals surface area (Å²) in [5.74, 6) is 0.448. The van der Waals surface area contributed by atoms with Crippen molar-refractivity contribution >= 4 is 11.6 Å². The summed E-state index contributed by atoms with van der Waals surface area (Å²) in [6.45, 7) is 1.53. The first-order valence-electron chi connectivity index (χ1n) is 6.87. The number of amides is 1. The third kappa shape index (κ3) is 4.52. The van der Waals surface area contributed by atoms with Gasteiger partial charge in [-0.15, -0.1) is 0 Å². The lowest BCUT2D eigenvalue weighted by Gasteiger charge is -2.08. The van der Waals surface area contributed by atoms with E-state index in [-0.39, 0.29) is 5.91 Å². The van der Waals surface area contributed by atoms with E-state index in [1.165, 1.54) is 0 Å². The van der Waals surface area contributed by atoms with Gasteiger partial charge in [0, 0.05) is 42.8 Å². The SMILES string of the molecule is COc1cc(N)cc(C(=O)NCCCCn2ccnc2)c1. The zero-order valence-electron chi connectivity index (χ0n) is 12.1. The number of benzene rings is 1. The standard InChI is InChI=1S/C15H20N4O2/c1-21-14-9-12(8-13(16)10-14)15(20)18-4-2-3-6-19-7-5-17-11-19/h5,7-11H,2-4,6,16H2,1H3,(H,18,20). The number of imidazole rings is 1. The van der Waals surface area contributed by atoms with E-state index in [1.807, 2.05) is 10.8 Å². The minimum atomic E-state index is -0.136. The highest BCUT2D eigenvalue weighted by molar-refractivity contribution is 5.95. The molecule has 0 aliphatic carbocycles. The summed E-state index contributed by atoms with van der Waals surface area (Å²) in [5.41, 5.74) is 6.76. The molecule has 0 saturated heterocycles. The molecule has 2 aromatic rings. The molecule has 1 aromatic carbocycles. The van der Waals surface area contributed by atoms with Crippen molar-refractivity contribution in [2.24, 2.45) is 0 Å². The van der Waals surface area contributed by atoms with Gasteiger partial charge in [0.15, 0.2) is 0 Å². The van der Waals surface area contributed by atoms with E-state index in [0.29, 0.717) is 23.5 Å². The molecule has 1 heterocycles. The van der Waals surface area contributed by atoms with Gasteiger partial charge in [0.25, 0.3) is 5.91 Å². The van der Waals surface area contributed by atoms with Crippen molar-refractivity contribution in [1.82, 2.24) is 14.9 Å². The number of nitrogens with two attached hydrogens (primary N) is 1. The summed E-state index contributed by atoms with van der Waals surface area (Å²) in [5, 5.41) is 2.88. The number of nitrogen functional groups attached to an aromatic ring is 1. The number of anilines is 1. The lowest BCUT2D eigenvalue weighted by Crippen LogP contribution is -2.24. The second-order valence-electron chi connectivity index (χ2n) is 4.76. The summed E-state index contributed by atoms with van der Waals surface area (Å²) >= 11 is 0. The minimum Gasteiger partial charge on any atom is -0.497 e. The van der Waals surface area contributed by atoms with Gasteiger partial charge in [-0.1, -0.05) is 0 Å². The number of nitrogens with zero attached hydrogens (tertiary/aromatic N) is 2. The molecule has 0 fully saturated rings. The van der Waals surface area contributed by atoms with Crippen molar-refractivity contribution in [3.8, 4) is 5.75 Å². The van der Waals surface area contributed by atoms with Gasteiger partial charge in [0.1, 0.15) is 5.75 Å². The lowest BCUT2D eigenvalue weighted by molar-refractivity contribution is 0.0952. The molecule has 0 bridgehead atoms. The molecule has 0 unspecified atom stereocenters. The predicted octanol–water partition coefficient (Wildman–Crippen LogP) is 1.68. The number of hydrogen-bond donors (Lipinski definition) is 2. The van der Waals surface area contributed by atoms with Gasteiger partial charge in [0.05, 0.1) is 13.4 Å². The number of nitrogens with one attached hydrogen (secondary N) is 1. The summed E-state index contributed by atoms with van der Waals surface area (Å²) in [6, 6.07) is 5.00. The summed E-state index contributed by atoms with van der Waals surface area (Å²) in [7, 11) is 1.55. The van der Waals surface area contributed by atoms with E-state index in [4.69, 9.17) is 10.5 Å². The molecule has 0 atom stereocenters. The highest BCUT2D eigenvalue weighted by atomic mass is 16.5. The molecule has 6 heteroatoms. The molecule has 6 nitrogen and oxygen atoms in total. The summed E-state index contributed by atoms with van der Waals surface area (Å²) < 4.78 is 7.12. The second kappa shape index (κ2) is 7.33. The zero-order chi connectivity index (χ0) is 15.1. The van der Waals surface area contributed by atoms with Gasteiger partial charge in [-0.2, -0.15) is 0 Å². The fourth-order valence-corrected chi connectivity index (χ4v) is 2.01. The highest BCUT2D eigenvalue weighted by Crippen LogP contribution is 2.18. The number of hydrogen-bond acceptors (Lipinski definition) is 4. The Morgan fingerprint density at radius 2 is 2.24 bits per heavy atom. The Labute approximate surface area is 123 Å². The van der Waals surface area contributed by atoms with Crippen LogP contribution in [0, 0.1) is 0 Å². The Morgan fingerprint density at radius 3 is 2.95 bits per heavy atom. The van der Waals surface area contributed by atoms with Crippen molar-refractivity contribution in [2.45, 2.75) is 19.4 Å². The molecule has 0 aliphatic rings. The number of carbonyl (C=O) groups excluding carboxylic acids is 1. The van der Waals surface area contributed by atoms with Crippen LogP contribution in [0.3, 0.4) is 0 Å². The van der Waals surface area contributed by atoms with Gasteiger partial charge < -0.3 is 20.4 Å². The lowest BCUT2D eigenvalue weighted by atomic mass is 10.1. The largest absolute Gasteiger partial charge is 0.497 e. The Bertz CT molecular complexity index is 581. The monoisotopic (exact) mass is 288 g/mol. The molecule has 0 saturated carbocycles. The third-order valence-corrected chi connectivity index (χ3v) is 3.11. The number of rotatable bonds is 7. The number of ether oxygens (including phenoxy) is 1. The molecule has 0 aliphatic heterocycles. The van der Waals surface area contributed by atoms with Crippen LogP contribution < -0.4 is 15.8 Å². The number of methoxy groups -OCH3 is 1. The molecule has 3 N–H and O–H groups in total. The number of carbonyl (C=O) groups is 1. The maximum absolute atomic E-state index is 12.0. The first kappa shape index (κ1) is 14.9. The van der Waals surface area contributed by atoms with E-state index in [1.54, 1.807) is 37.8 Å². The molecule has 1 amide bonds. The minimum absolute atomic E-state index is 0.136. The van der Waals surface area contributed by atoms with E-state index in [0.717, 1.165) is 19.4 Å². The molecule has 2 rings (SSSR count). The molecule has 112 valence electrons. The normalized spacial score (nSPS) is 10.3. The van der Waals surface area contributed by atoms with Crippen molar-refractivity contribution in [3.63, 3.8) is 0 Å². The van der Waals surface area contributed by atoms with Crippen molar-refractivity contribution in [1.29, 1.82) is 0 Å². The van der Waals surface area contributed by atoms with E-state index >= 15 is 0 Å². The molecular weight excluding hydrogens is 268 g/mol. The maximum Gasteiger partial charge on any atom is 0.251 e. The van der Waals surface area contributed by atoms with Crippen molar-refractivity contribution in [2.75, 3.05) is 19.4 Å². The van der Waals surface area contributed by atoms with Gasteiger partial charge in [-0.3, -0.25) is 4.79 Å². The predicted molar refractivity (Wildman–Crippen MR) is 81.2 cm³/mol. The quantitative estimate of drug-likeness (QED) is 0.600. The Morgan fingerprint density at radius 1 is 1.38 bits per heavy atom. The number of aryl methyl sites for hydroxylation is 1. The molecule has 0 spiro atoms. The highest BCUT2D eigenvalue weighted by Gasteiger charge is 2.07. The van der Waals surface area contributed by atoms with Crippen LogP contribution in [-0.4, -0.2) is 29.1 Å². The van der Waals surface area contributed by atoms with E-state index in [2.05, 4.69) is 10.3 Å². The Balaban J connectivity index is 1.75. The van der Waals surface area contributed by atoms with Gasteiger partial charge in [0.2, 0.25) is 0 Å². The van der Waals surface area contributed by atoms with Gasteiger partial charge in [-0.05, 0) is 25.0 Å². The van der Waals surface area contributed by atoms with E-state index in [9.17, 15) is 4.79 Å². The fraction of sp³-hybridized carbons (Fsp3) is 0.333.